The number of hydrogen-bond acceptors (Lipinski definition) is 4. The van der Waals surface area contributed by atoms with E-state index in [1.54, 1.807) is 20.8 Å². The summed E-state index contributed by atoms with van der Waals surface area (Å²) < 4.78 is 39.0. The van der Waals surface area contributed by atoms with Crippen molar-refractivity contribution in [3.63, 3.8) is 0 Å². The van der Waals surface area contributed by atoms with Crippen molar-refractivity contribution >= 4 is 41.7 Å². The monoisotopic (exact) mass is 425 g/mol. The predicted octanol–water partition coefficient (Wildman–Crippen LogP) is 3.47. The van der Waals surface area contributed by atoms with Crippen molar-refractivity contribution in [2.45, 2.75) is 39.5 Å². The molecule has 0 aliphatic carbocycles. The molecule has 0 bridgehead atoms. The van der Waals surface area contributed by atoms with Gasteiger partial charge in [-0.15, -0.1) is 24.2 Å². The molecule has 1 aromatic carbocycles. The molecule has 1 unspecified atom stereocenters. The molecule has 1 atom stereocenters. The quantitative estimate of drug-likeness (QED) is 0.777. The van der Waals surface area contributed by atoms with Crippen LogP contribution in [0.4, 0.5) is 18.9 Å². The maximum atomic E-state index is 13.0. The highest BCUT2D eigenvalue weighted by Crippen LogP contribution is 2.33. The number of amides is 2. The van der Waals surface area contributed by atoms with Gasteiger partial charge in [0.05, 0.1) is 11.4 Å². The van der Waals surface area contributed by atoms with Gasteiger partial charge < -0.3 is 16.0 Å². The molecule has 0 spiro atoms. The van der Waals surface area contributed by atoms with E-state index < -0.39 is 29.1 Å². The third-order valence-electron chi connectivity index (χ3n) is 3.91. The van der Waals surface area contributed by atoms with Gasteiger partial charge in [0.2, 0.25) is 11.8 Å². The number of benzene rings is 1. The second-order valence-electron chi connectivity index (χ2n) is 7.15. The van der Waals surface area contributed by atoms with Crippen LogP contribution in [0.2, 0.25) is 0 Å². The van der Waals surface area contributed by atoms with Crippen LogP contribution >= 0.6 is 24.2 Å². The Morgan fingerprint density at radius 3 is 2.41 bits per heavy atom. The van der Waals surface area contributed by atoms with E-state index in [1.165, 1.54) is 22.7 Å². The molecule has 3 N–H and O–H groups in total. The van der Waals surface area contributed by atoms with Crippen LogP contribution in [0.15, 0.2) is 18.2 Å². The van der Waals surface area contributed by atoms with Crippen molar-refractivity contribution in [2.24, 2.45) is 11.1 Å². The van der Waals surface area contributed by atoms with Crippen LogP contribution in [0, 0.1) is 5.41 Å². The van der Waals surface area contributed by atoms with Gasteiger partial charge in [-0.05, 0) is 23.8 Å². The summed E-state index contributed by atoms with van der Waals surface area (Å²) in [6.07, 6.45) is -4.54. The average Bonchev–Trinajstić information content (AvgIpc) is 3.01. The minimum atomic E-state index is -4.54. The van der Waals surface area contributed by atoms with E-state index in [9.17, 15) is 22.8 Å². The first-order valence-electron chi connectivity index (χ1n) is 8.04. The number of nitrogens with two attached hydrogens (primary N) is 1. The van der Waals surface area contributed by atoms with Crippen molar-refractivity contribution in [1.29, 1.82) is 0 Å². The zero-order valence-electron chi connectivity index (χ0n) is 15.2. The first-order valence-corrected chi connectivity index (χ1v) is 9.20. The highest BCUT2D eigenvalue weighted by Gasteiger charge is 2.39. The molecule has 2 amide bonds. The van der Waals surface area contributed by atoms with Crippen LogP contribution in [0.1, 0.15) is 31.9 Å². The molecule has 0 aromatic heterocycles. The maximum Gasteiger partial charge on any atom is 0.416 e. The largest absolute Gasteiger partial charge is 0.416 e. The summed E-state index contributed by atoms with van der Waals surface area (Å²) in [5, 5.41) is 2.51. The van der Waals surface area contributed by atoms with Crippen LogP contribution in [-0.4, -0.2) is 34.4 Å². The number of hydrogen-bond donors (Lipinski definition) is 2. The molecule has 1 aliphatic rings. The fourth-order valence-electron chi connectivity index (χ4n) is 2.56. The second kappa shape index (κ2) is 8.70. The third-order valence-corrected chi connectivity index (χ3v) is 4.92. The number of nitrogens with zero attached hydrogens (tertiary/aromatic N) is 1. The van der Waals surface area contributed by atoms with E-state index in [1.807, 2.05) is 0 Å². The van der Waals surface area contributed by atoms with Crippen molar-refractivity contribution in [3.8, 4) is 0 Å². The number of alkyl halides is 3. The Hall–Kier alpha value is -1.45. The number of carbonyl (C=O) groups is 2. The zero-order valence-corrected chi connectivity index (χ0v) is 16.9. The summed E-state index contributed by atoms with van der Waals surface area (Å²) in [4.78, 5) is 26.5. The van der Waals surface area contributed by atoms with Crippen LogP contribution in [-0.2, 0) is 22.3 Å². The van der Waals surface area contributed by atoms with Crippen molar-refractivity contribution < 1.29 is 22.8 Å². The van der Waals surface area contributed by atoms with Gasteiger partial charge in [0.15, 0.2) is 0 Å². The van der Waals surface area contributed by atoms with Gasteiger partial charge in [-0.25, -0.2) is 0 Å². The summed E-state index contributed by atoms with van der Waals surface area (Å²) in [6.45, 7) is 5.19. The number of nitrogens with one attached hydrogen (secondary N) is 1. The number of anilines is 1. The Balaban J connectivity index is 0.00000364. The van der Waals surface area contributed by atoms with E-state index in [0.29, 0.717) is 11.6 Å². The van der Waals surface area contributed by atoms with E-state index in [2.05, 4.69) is 5.32 Å². The number of halogens is 4. The number of carbonyl (C=O) groups excluding carboxylic acids is 2. The molecular weight excluding hydrogens is 403 g/mol. The van der Waals surface area contributed by atoms with Gasteiger partial charge in [-0.1, -0.05) is 20.8 Å². The molecule has 1 heterocycles. The molecule has 1 saturated heterocycles. The van der Waals surface area contributed by atoms with E-state index >= 15 is 0 Å². The van der Waals surface area contributed by atoms with E-state index in [0.717, 1.165) is 12.1 Å². The van der Waals surface area contributed by atoms with Gasteiger partial charge in [-0.2, -0.15) is 13.2 Å². The molecule has 5 nitrogen and oxygen atoms in total. The lowest BCUT2D eigenvalue weighted by atomic mass is 9.94. The molecule has 10 heteroatoms. The van der Waals surface area contributed by atoms with Gasteiger partial charge >= 0.3 is 6.18 Å². The predicted molar refractivity (Wildman–Crippen MR) is 103 cm³/mol. The summed E-state index contributed by atoms with van der Waals surface area (Å²) in [7, 11) is 0. The SMILES string of the molecule is CC(C)(C)C(=O)N1CSCC1C(=O)Nc1cc(CN)cc(C(F)(F)F)c1.Cl. The number of rotatable bonds is 3. The molecule has 152 valence electrons. The zero-order chi connectivity index (χ0) is 19.7. The smallest absolute Gasteiger partial charge is 0.326 e. The van der Waals surface area contributed by atoms with Crippen LogP contribution in [0.25, 0.3) is 0 Å². The fraction of sp³-hybridized carbons (Fsp3) is 0.529. The summed E-state index contributed by atoms with van der Waals surface area (Å²) in [5.74, 6) is 0.102. The van der Waals surface area contributed by atoms with Crippen molar-refractivity contribution in [3.05, 3.63) is 29.3 Å². The topological polar surface area (TPSA) is 75.4 Å². The van der Waals surface area contributed by atoms with Gasteiger partial charge in [0.1, 0.15) is 6.04 Å². The normalized spacial score (nSPS) is 17.4. The molecule has 1 aromatic rings. The summed E-state index contributed by atoms with van der Waals surface area (Å²) >= 11 is 1.43. The Kier molecular flexibility index (Phi) is 7.60. The van der Waals surface area contributed by atoms with Crippen molar-refractivity contribution in [2.75, 3.05) is 16.9 Å². The minimum Gasteiger partial charge on any atom is -0.326 e. The Bertz CT molecular complexity index is 708. The lowest BCUT2D eigenvalue weighted by molar-refractivity contribution is -0.143. The molecule has 1 fully saturated rings. The molecule has 1 aliphatic heterocycles. The Morgan fingerprint density at radius 1 is 1.26 bits per heavy atom. The van der Waals surface area contributed by atoms with Crippen LogP contribution in [0.3, 0.4) is 0 Å². The lowest BCUT2D eigenvalue weighted by Gasteiger charge is -2.29. The highest BCUT2D eigenvalue weighted by molar-refractivity contribution is 7.99. The van der Waals surface area contributed by atoms with Crippen LogP contribution in [0.5, 0.6) is 0 Å². The maximum absolute atomic E-state index is 13.0. The molecule has 0 radical (unpaired) electrons. The summed E-state index contributed by atoms with van der Waals surface area (Å²) in [5.41, 5.74) is 4.22. The second-order valence-corrected chi connectivity index (χ2v) is 8.15. The highest BCUT2D eigenvalue weighted by atomic mass is 35.5. The standard InChI is InChI=1S/C17H22F3N3O2S.ClH/c1-16(2,3)15(25)23-9-26-8-13(23)14(24)22-12-5-10(7-21)4-11(6-12)17(18,19)20;/h4-6,13H,7-9,21H2,1-3H3,(H,22,24);1H. The minimum absolute atomic E-state index is 0. The Morgan fingerprint density at radius 2 is 1.89 bits per heavy atom. The molecular formula is C17H23ClF3N3O2S. The fourth-order valence-corrected chi connectivity index (χ4v) is 3.72. The van der Waals surface area contributed by atoms with Crippen LogP contribution < -0.4 is 11.1 Å². The lowest BCUT2D eigenvalue weighted by Crippen LogP contribution is -2.48. The first kappa shape index (κ1) is 23.6. The summed E-state index contributed by atoms with van der Waals surface area (Å²) in [6, 6.07) is 2.51. The first-order chi connectivity index (χ1) is 11.9. The molecule has 0 saturated carbocycles. The third kappa shape index (κ3) is 5.76. The molecule has 27 heavy (non-hydrogen) atoms. The Labute approximate surface area is 166 Å². The van der Waals surface area contributed by atoms with Gasteiger partial charge in [-0.3, -0.25) is 9.59 Å². The van der Waals surface area contributed by atoms with E-state index in [-0.39, 0.29) is 36.1 Å². The average molecular weight is 426 g/mol. The van der Waals surface area contributed by atoms with Crippen molar-refractivity contribution in [1.82, 2.24) is 4.90 Å². The van der Waals surface area contributed by atoms with E-state index in [4.69, 9.17) is 5.73 Å². The number of thioether (sulfide) groups is 1. The van der Waals surface area contributed by atoms with Gasteiger partial charge in [0.25, 0.3) is 0 Å². The van der Waals surface area contributed by atoms with Gasteiger partial charge in [0, 0.05) is 23.4 Å². The molecule has 2 rings (SSSR count).